The van der Waals surface area contributed by atoms with E-state index in [1.807, 2.05) is 6.92 Å². The number of hydrogen-bond acceptors (Lipinski definition) is 6. The Morgan fingerprint density at radius 2 is 2.17 bits per heavy atom. The predicted octanol–water partition coefficient (Wildman–Crippen LogP) is 1.05. The summed E-state index contributed by atoms with van der Waals surface area (Å²) in [5.74, 6) is 0.572. The summed E-state index contributed by atoms with van der Waals surface area (Å²) in [7, 11) is -3.00. The van der Waals surface area contributed by atoms with Crippen LogP contribution in [-0.4, -0.2) is 64.3 Å². The standard InChI is InChI=1S/C14H24ClN3O4S2/c1-3-16-14(17-6-7-22-8-9-24(2,20)21)18-10-11(19)12-4-5-13(15)23-12/h4-5,11,19H,3,6-10H2,1-2H3,(H2,16,17,18). The molecule has 1 unspecified atom stereocenters. The quantitative estimate of drug-likeness (QED) is 0.310. The summed E-state index contributed by atoms with van der Waals surface area (Å²) >= 11 is 7.18. The second kappa shape index (κ2) is 10.9. The third-order valence-corrected chi connectivity index (χ3v) is 5.07. The van der Waals surface area contributed by atoms with E-state index in [4.69, 9.17) is 16.3 Å². The molecule has 10 heteroatoms. The molecule has 138 valence electrons. The molecule has 0 aliphatic heterocycles. The molecule has 3 N–H and O–H groups in total. The number of hydrogen-bond donors (Lipinski definition) is 3. The number of sulfone groups is 1. The second-order valence-electron chi connectivity index (χ2n) is 5.05. The Morgan fingerprint density at radius 3 is 2.75 bits per heavy atom. The minimum Gasteiger partial charge on any atom is -0.386 e. The Kier molecular flexibility index (Phi) is 9.60. The van der Waals surface area contributed by atoms with Gasteiger partial charge in [0.2, 0.25) is 0 Å². The summed E-state index contributed by atoms with van der Waals surface area (Å²) in [6.07, 6.45) is 0.473. The lowest BCUT2D eigenvalue weighted by molar-refractivity contribution is 0.154. The molecule has 1 atom stereocenters. The van der Waals surface area contributed by atoms with E-state index in [0.717, 1.165) is 4.88 Å². The lowest BCUT2D eigenvalue weighted by Gasteiger charge is -2.12. The summed E-state index contributed by atoms with van der Waals surface area (Å²) in [5.41, 5.74) is 0. The first kappa shape index (κ1) is 21.2. The maximum absolute atomic E-state index is 11.0. The first-order valence-corrected chi connectivity index (χ1v) is 10.8. The third-order valence-electron chi connectivity index (χ3n) is 2.83. The van der Waals surface area contributed by atoms with Gasteiger partial charge in [0.25, 0.3) is 0 Å². The zero-order valence-corrected chi connectivity index (χ0v) is 16.2. The van der Waals surface area contributed by atoms with Crippen LogP contribution in [0.4, 0.5) is 0 Å². The highest BCUT2D eigenvalue weighted by Gasteiger charge is 2.10. The molecule has 0 aliphatic carbocycles. The zero-order valence-electron chi connectivity index (χ0n) is 13.8. The molecule has 0 saturated carbocycles. The van der Waals surface area contributed by atoms with Gasteiger partial charge in [0.15, 0.2) is 5.96 Å². The van der Waals surface area contributed by atoms with Gasteiger partial charge >= 0.3 is 0 Å². The van der Waals surface area contributed by atoms with Crippen molar-refractivity contribution in [1.29, 1.82) is 0 Å². The second-order valence-corrected chi connectivity index (χ2v) is 9.05. The highest BCUT2D eigenvalue weighted by Crippen LogP contribution is 2.26. The molecule has 0 spiro atoms. The van der Waals surface area contributed by atoms with Crippen molar-refractivity contribution < 1.29 is 18.3 Å². The predicted molar refractivity (Wildman–Crippen MR) is 98.8 cm³/mol. The highest BCUT2D eigenvalue weighted by atomic mass is 35.5. The van der Waals surface area contributed by atoms with Crippen molar-refractivity contribution in [1.82, 2.24) is 10.6 Å². The van der Waals surface area contributed by atoms with Crippen molar-refractivity contribution in [3.63, 3.8) is 0 Å². The molecule has 1 aromatic heterocycles. The fraction of sp³-hybridized carbons (Fsp3) is 0.643. The monoisotopic (exact) mass is 397 g/mol. The number of nitrogens with one attached hydrogen (secondary N) is 2. The molecule has 0 aliphatic rings. The Morgan fingerprint density at radius 1 is 1.42 bits per heavy atom. The molecule has 1 aromatic rings. The van der Waals surface area contributed by atoms with Crippen LogP contribution in [0.1, 0.15) is 17.9 Å². The Labute approximate surface area is 152 Å². The molecule has 0 bridgehead atoms. The molecular weight excluding hydrogens is 374 g/mol. The normalized spacial score (nSPS) is 13.8. The number of rotatable bonds is 10. The average molecular weight is 398 g/mol. The van der Waals surface area contributed by atoms with Crippen LogP contribution in [0.15, 0.2) is 17.1 Å². The molecule has 7 nitrogen and oxygen atoms in total. The van der Waals surface area contributed by atoms with Gasteiger partial charge in [-0.15, -0.1) is 11.3 Å². The van der Waals surface area contributed by atoms with Crippen LogP contribution < -0.4 is 10.6 Å². The van der Waals surface area contributed by atoms with E-state index in [-0.39, 0.29) is 18.9 Å². The minimum atomic E-state index is -3.00. The van der Waals surface area contributed by atoms with E-state index in [9.17, 15) is 13.5 Å². The van der Waals surface area contributed by atoms with E-state index >= 15 is 0 Å². The molecule has 1 heterocycles. The zero-order chi connectivity index (χ0) is 18.0. The molecular formula is C14H24ClN3O4S2. The van der Waals surface area contributed by atoms with Gasteiger partial charge in [-0.2, -0.15) is 0 Å². The van der Waals surface area contributed by atoms with E-state index < -0.39 is 15.9 Å². The van der Waals surface area contributed by atoms with Crippen LogP contribution in [-0.2, 0) is 14.6 Å². The number of ether oxygens (including phenoxy) is 1. The Bertz CT molecular complexity index is 619. The van der Waals surface area contributed by atoms with Crippen molar-refractivity contribution in [3.05, 3.63) is 21.3 Å². The van der Waals surface area contributed by atoms with E-state index in [0.29, 0.717) is 30.0 Å². The van der Waals surface area contributed by atoms with Gasteiger partial charge in [0.1, 0.15) is 15.9 Å². The molecule has 1 rings (SSSR count). The molecule has 0 fully saturated rings. The maximum Gasteiger partial charge on any atom is 0.191 e. The average Bonchev–Trinajstić information content (AvgIpc) is 2.93. The fourth-order valence-electron chi connectivity index (χ4n) is 1.67. The van der Waals surface area contributed by atoms with Crippen LogP contribution in [0.3, 0.4) is 0 Å². The van der Waals surface area contributed by atoms with Gasteiger partial charge in [-0.1, -0.05) is 11.6 Å². The number of halogens is 1. The number of nitrogens with zero attached hydrogens (tertiary/aromatic N) is 1. The summed E-state index contributed by atoms with van der Waals surface area (Å²) in [5, 5.41) is 16.2. The number of thiophene rings is 1. The van der Waals surface area contributed by atoms with Crippen molar-refractivity contribution in [2.45, 2.75) is 13.0 Å². The van der Waals surface area contributed by atoms with Crippen molar-refractivity contribution >= 4 is 38.7 Å². The van der Waals surface area contributed by atoms with Crippen molar-refractivity contribution in [2.75, 3.05) is 44.9 Å². The molecule has 24 heavy (non-hydrogen) atoms. The first-order chi connectivity index (χ1) is 11.3. The van der Waals surface area contributed by atoms with Crippen LogP contribution in [0.25, 0.3) is 0 Å². The van der Waals surface area contributed by atoms with E-state index in [2.05, 4.69) is 15.6 Å². The van der Waals surface area contributed by atoms with Gasteiger partial charge in [0.05, 0.1) is 29.8 Å². The number of guanidine groups is 1. The lowest BCUT2D eigenvalue weighted by Crippen LogP contribution is -2.39. The molecule has 0 aromatic carbocycles. The third kappa shape index (κ3) is 9.43. The minimum absolute atomic E-state index is 0.0106. The SMILES string of the molecule is CCNC(=NCC(O)c1ccc(Cl)s1)NCCOCCS(C)(=O)=O. The maximum atomic E-state index is 11.0. The fourth-order valence-corrected chi connectivity index (χ4v) is 3.13. The number of aliphatic hydroxyl groups excluding tert-OH is 1. The van der Waals surface area contributed by atoms with Gasteiger partial charge < -0.3 is 20.5 Å². The smallest absolute Gasteiger partial charge is 0.191 e. The molecule has 0 radical (unpaired) electrons. The molecule has 0 amide bonds. The van der Waals surface area contributed by atoms with Crippen LogP contribution in [0.2, 0.25) is 4.34 Å². The first-order valence-electron chi connectivity index (χ1n) is 7.52. The summed E-state index contributed by atoms with van der Waals surface area (Å²) in [6, 6.07) is 3.52. The van der Waals surface area contributed by atoms with Crippen LogP contribution >= 0.6 is 22.9 Å². The lowest BCUT2D eigenvalue weighted by atomic mass is 10.3. The molecule has 0 saturated heterocycles. The summed E-state index contributed by atoms with van der Waals surface area (Å²) in [6.45, 7) is 3.85. The largest absolute Gasteiger partial charge is 0.386 e. The van der Waals surface area contributed by atoms with Gasteiger partial charge in [-0.3, -0.25) is 4.99 Å². The summed E-state index contributed by atoms with van der Waals surface area (Å²) < 4.78 is 27.8. The number of aliphatic imine (C=N–C) groups is 1. The number of aliphatic hydroxyl groups is 1. The van der Waals surface area contributed by atoms with E-state index in [1.54, 1.807) is 12.1 Å². The van der Waals surface area contributed by atoms with Crippen LogP contribution in [0, 0.1) is 0 Å². The van der Waals surface area contributed by atoms with Gasteiger partial charge in [-0.25, -0.2) is 8.42 Å². The Balaban J connectivity index is 2.34. The van der Waals surface area contributed by atoms with Gasteiger partial charge in [0, 0.05) is 24.2 Å². The van der Waals surface area contributed by atoms with Crippen molar-refractivity contribution in [2.24, 2.45) is 4.99 Å². The highest BCUT2D eigenvalue weighted by molar-refractivity contribution is 7.90. The summed E-state index contributed by atoms with van der Waals surface area (Å²) in [4.78, 5) is 5.08. The Hall–Kier alpha value is -0.870. The van der Waals surface area contributed by atoms with Gasteiger partial charge in [-0.05, 0) is 19.1 Å². The van der Waals surface area contributed by atoms with Crippen molar-refractivity contribution in [3.8, 4) is 0 Å². The van der Waals surface area contributed by atoms with Crippen LogP contribution in [0.5, 0.6) is 0 Å². The van der Waals surface area contributed by atoms with E-state index in [1.165, 1.54) is 17.6 Å². The topological polar surface area (TPSA) is 100 Å².